The molecular weight excluding hydrogens is 285 g/mol. The molecule has 6 heteroatoms. The van der Waals surface area contributed by atoms with Gasteiger partial charge in [-0.1, -0.05) is 6.07 Å². The lowest BCUT2D eigenvalue weighted by Gasteiger charge is -2.18. The van der Waals surface area contributed by atoms with Crippen molar-refractivity contribution in [3.63, 3.8) is 0 Å². The molecule has 0 spiro atoms. The highest BCUT2D eigenvalue weighted by Crippen LogP contribution is 2.23. The number of fused-ring (bicyclic) bond motifs is 1. The molecule has 1 aromatic carbocycles. The molecule has 0 saturated carbocycles. The van der Waals surface area contributed by atoms with Gasteiger partial charge in [-0.15, -0.1) is 0 Å². The minimum absolute atomic E-state index is 0.00547. The van der Waals surface area contributed by atoms with Crippen LogP contribution in [0.25, 0.3) is 0 Å². The van der Waals surface area contributed by atoms with Gasteiger partial charge >= 0.3 is 0 Å². The number of hydrogen-bond acceptors (Lipinski definition) is 4. The van der Waals surface area contributed by atoms with E-state index in [0.29, 0.717) is 31.1 Å². The van der Waals surface area contributed by atoms with Crippen molar-refractivity contribution in [1.82, 2.24) is 9.55 Å². The summed E-state index contributed by atoms with van der Waals surface area (Å²) in [7, 11) is 1.44. The fourth-order valence-electron chi connectivity index (χ4n) is 2.68. The summed E-state index contributed by atoms with van der Waals surface area (Å²) in [6, 6.07) is 4.89. The molecule has 5 nitrogen and oxygen atoms in total. The molecule has 0 aliphatic carbocycles. The summed E-state index contributed by atoms with van der Waals surface area (Å²) in [6.45, 7) is 5.44. The van der Waals surface area contributed by atoms with Crippen LogP contribution in [-0.2, 0) is 13.1 Å². The number of aromatic nitrogens is 2. The smallest absolute Gasteiger partial charge is 0.258 e. The van der Waals surface area contributed by atoms with Gasteiger partial charge in [0.1, 0.15) is 0 Å². The number of aryl methyl sites for hydroxylation is 1. The van der Waals surface area contributed by atoms with Crippen molar-refractivity contribution in [2.75, 3.05) is 18.6 Å². The van der Waals surface area contributed by atoms with Crippen LogP contribution in [0.2, 0.25) is 0 Å². The van der Waals surface area contributed by atoms with Crippen LogP contribution in [0.4, 0.5) is 10.3 Å². The van der Waals surface area contributed by atoms with Crippen molar-refractivity contribution in [2.24, 2.45) is 0 Å². The summed E-state index contributed by atoms with van der Waals surface area (Å²) in [6.07, 6.45) is 0. The second kappa shape index (κ2) is 5.44. The molecule has 1 aromatic heterocycles. The van der Waals surface area contributed by atoms with E-state index in [4.69, 9.17) is 4.74 Å². The number of halogens is 1. The van der Waals surface area contributed by atoms with Crippen LogP contribution in [0.1, 0.15) is 16.8 Å². The van der Waals surface area contributed by atoms with Gasteiger partial charge in [-0.05, 0) is 31.5 Å². The molecule has 0 amide bonds. The summed E-state index contributed by atoms with van der Waals surface area (Å²) < 4.78 is 20.4. The molecule has 0 unspecified atom stereocenters. The fraction of sp³-hybridized carbons (Fsp3) is 0.375. The highest BCUT2D eigenvalue weighted by molar-refractivity contribution is 5.40. The molecule has 0 bridgehead atoms. The zero-order chi connectivity index (χ0) is 15.9. The Bertz CT molecular complexity index is 786. The maximum absolute atomic E-state index is 13.8. The summed E-state index contributed by atoms with van der Waals surface area (Å²) in [5, 5.41) is 0. The lowest BCUT2D eigenvalue weighted by Crippen LogP contribution is -2.25. The topological polar surface area (TPSA) is 47.4 Å². The molecule has 116 valence electrons. The SMILES string of the molecule is COc1ccc(CN2CCn3c2nc(C)c(C)c3=O)cc1F. The molecule has 2 aromatic rings. The largest absolute Gasteiger partial charge is 0.494 e. The number of anilines is 1. The second-order valence-corrected chi connectivity index (χ2v) is 5.47. The molecule has 0 saturated heterocycles. The Morgan fingerprint density at radius 1 is 1.32 bits per heavy atom. The normalized spacial score (nSPS) is 13.4. The number of nitrogens with zero attached hydrogens (tertiary/aromatic N) is 3. The van der Waals surface area contributed by atoms with Crippen molar-refractivity contribution in [1.29, 1.82) is 0 Å². The predicted octanol–water partition coefficient (Wildman–Crippen LogP) is 2.03. The van der Waals surface area contributed by atoms with E-state index < -0.39 is 0 Å². The van der Waals surface area contributed by atoms with Crippen LogP contribution < -0.4 is 15.2 Å². The van der Waals surface area contributed by atoms with Crippen LogP contribution in [0.15, 0.2) is 23.0 Å². The van der Waals surface area contributed by atoms with Crippen molar-refractivity contribution < 1.29 is 9.13 Å². The Morgan fingerprint density at radius 3 is 2.77 bits per heavy atom. The fourth-order valence-corrected chi connectivity index (χ4v) is 2.68. The van der Waals surface area contributed by atoms with Crippen LogP contribution >= 0.6 is 0 Å². The minimum Gasteiger partial charge on any atom is -0.494 e. The molecule has 1 aliphatic rings. The van der Waals surface area contributed by atoms with Gasteiger partial charge in [0.15, 0.2) is 11.6 Å². The molecule has 0 N–H and O–H groups in total. The second-order valence-electron chi connectivity index (χ2n) is 5.47. The van der Waals surface area contributed by atoms with Crippen LogP contribution in [0.3, 0.4) is 0 Å². The van der Waals surface area contributed by atoms with E-state index in [0.717, 1.165) is 11.3 Å². The third-order valence-corrected chi connectivity index (χ3v) is 4.08. The predicted molar refractivity (Wildman–Crippen MR) is 82.0 cm³/mol. The summed E-state index contributed by atoms with van der Waals surface area (Å²) in [5.74, 6) is 0.500. The Kier molecular flexibility index (Phi) is 3.60. The monoisotopic (exact) mass is 303 g/mol. The molecule has 0 radical (unpaired) electrons. The number of benzene rings is 1. The number of ether oxygens (including phenoxy) is 1. The molecule has 0 fully saturated rings. The molecule has 0 atom stereocenters. The maximum atomic E-state index is 13.8. The molecule has 3 rings (SSSR count). The molecule has 1 aliphatic heterocycles. The lowest BCUT2D eigenvalue weighted by atomic mass is 10.2. The third kappa shape index (κ3) is 2.34. The van der Waals surface area contributed by atoms with Gasteiger partial charge in [0.2, 0.25) is 5.95 Å². The summed E-state index contributed by atoms with van der Waals surface area (Å²) in [5.41, 5.74) is 2.25. The number of hydrogen-bond donors (Lipinski definition) is 0. The average molecular weight is 303 g/mol. The third-order valence-electron chi connectivity index (χ3n) is 4.08. The van der Waals surface area contributed by atoms with E-state index in [2.05, 4.69) is 4.98 Å². The van der Waals surface area contributed by atoms with Crippen molar-refractivity contribution in [2.45, 2.75) is 26.9 Å². The van der Waals surface area contributed by atoms with E-state index >= 15 is 0 Å². The first-order valence-electron chi connectivity index (χ1n) is 7.16. The standard InChI is InChI=1S/C16H18FN3O2/c1-10-11(2)18-16-19(6-7-20(16)15(10)21)9-12-4-5-14(22-3)13(17)8-12/h4-5,8H,6-7,9H2,1-3H3. The van der Waals surface area contributed by atoms with Gasteiger partial charge in [0.25, 0.3) is 5.56 Å². The van der Waals surface area contributed by atoms with Crippen LogP contribution in [-0.4, -0.2) is 23.2 Å². The van der Waals surface area contributed by atoms with E-state index in [1.807, 2.05) is 17.9 Å². The summed E-state index contributed by atoms with van der Waals surface area (Å²) >= 11 is 0. The summed E-state index contributed by atoms with van der Waals surface area (Å²) in [4.78, 5) is 18.8. The van der Waals surface area contributed by atoms with Gasteiger partial charge in [-0.25, -0.2) is 9.37 Å². The minimum atomic E-state index is -0.385. The Morgan fingerprint density at radius 2 is 2.09 bits per heavy atom. The first-order chi connectivity index (χ1) is 10.5. The maximum Gasteiger partial charge on any atom is 0.258 e. The molecular formula is C16H18FN3O2. The van der Waals surface area contributed by atoms with E-state index in [9.17, 15) is 9.18 Å². The van der Waals surface area contributed by atoms with Gasteiger partial charge in [-0.3, -0.25) is 9.36 Å². The quantitative estimate of drug-likeness (QED) is 0.870. The Balaban J connectivity index is 1.91. The average Bonchev–Trinajstić information content (AvgIpc) is 2.88. The first-order valence-corrected chi connectivity index (χ1v) is 7.16. The van der Waals surface area contributed by atoms with Gasteiger partial charge in [-0.2, -0.15) is 0 Å². The lowest BCUT2D eigenvalue weighted by molar-refractivity contribution is 0.386. The van der Waals surface area contributed by atoms with E-state index in [-0.39, 0.29) is 17.1 Å². The van der Waals surface area contributed by atoms with Gasteiger partial charge in [0, 0.05) is 30.9 Å². The number of methoxy groups -OCH3 is 1. The van der Waals surface area contributed by atoms with Crippen molar-refractivity contribution in [3.05, 3.63) is 51.2 Å². The van der Waals surface area contributed by atoms with Gasteiger partial charge in [0.05, 0.1) is 7.11 Å². The Labute approximate surface area is 128 Å². The first kappa shape index (κ1) is 14.6. The van der Waals surface area contributed by atoms with Crippen LogP contribution in [0.5, 0.6) is 5.75 Å². The molecule has 2 heterocycles. The van der Waals surface area contributed by atoms with E-state index in [1.165, 1.54) is 13.2 Å². The Hall–Kier alpha value is -2.37. The van der Waals surface area contributed by atoms with Crippen molar-refractivity contribution in [3.8, 4) is 5.75 Å². The van der Waals surface area contributed by atoms with Crippen LogP contribution in [0, 0.1) is 19.7 Å². The zero-order valence-electron chi connectivity index (χ0n) is 12.9. The van der Waals surface area contributed by atoms with Gasteiger partial charge < -0.3 is 9.64 Å². The number of rotatable bonds is 3. The molecule has 22 heavy (non-hydrogen) atoms. The highest BCUT2D eigenvalue weighted by atomic mass is 19.1. The highest BCUT2D eigenvalue weighted by Gasteiger charge is 2.23. The van der Waals surface area contributed by atoms with E-state index in [1.54, 1.807) is 17.6 Å². The zero-order valence-corrected chi connectivity index (χ0v) is 12.9. The van der Waals surface area contributed by atoms with Crippen molar-refractivity contribution >= 4 is 5.95 Å².